The molecular weight excluding hydrogens is 248 g/mol. The summed E-state index contributed by atoms with van der Waals surface area (Å²) in [7, 11) is 4.13. The molecule has 1 heterocycles. The lowest BCUT2D eigenvalue weighted by atomic mass is 10.00. The largest absolute Gasteiger partial charge is 0.472 e. The van der Waals surface area contributed by atoms with Crippen LogP contribution in [-0.2, 0) is 13.1 Å². The highest BCUT2D eigenvalue weighted by Gasteiger charge is 2.06. The van der Waals surface area contributed by atoms with E-state index in [2.05, 4.69) is 48.5 Å². The molecule has 1 aromatic heterocycles. The van der Waals surface area contributed by atoms with Crippen molar-refractivity contribution in [3.63, 3.8) is 0 Å². The molecule has 1 aromatic carbocycles. The highest BCUT2D eigenvalue weighted by Crippen LogP contribution is 2.16. The first-order valence-electron chi connectivity index (χ1n) is 7.12. The zero-order valence-electron chi connectivity index (χ0n) is 12.6. The third-order valence-corrected chi connectivity index (χ3v) is 3.54. The summed E-state index contributed by atoms with van der Waals surface area (Å²) in [5.41, 5.74) is 3.95. The first kappa shape index (κ1) is 14.8. The summed E-state index contributed by atoms with van der Waals surface area (Å²) in [5, 5.41) is 3.22. The normalized spacial score (nSPS) is 12.8. The van der Waals surface area contributed by atoms with Crippen LogP contribution in [0.4, 0.5) is 0 Å². The van der Waals surface area contributed by atoms with Gasteiger partial charge in [0.25, 0.3) is 0 Å². The van der Waals surface area contributed by atoms with Gasteiger partial charge in [-0.1, -0.05) is 31.2 Å². The number of nitrogens with zero attached hydrogens (tertiary/aromatic N) is 1. The van der Waals surface area contributed by atoms with Crippen molar-refractivity contribution < 1.29 is 4.42 Å². The van der Waals surface area contributed by atoms with Gasteiger partial charge in [0.15, 0.2) is 0 Å². The van der Waals surface area contributed by atoms with E-state index in [4.69, 9.17) is 4.42 Å². The number of furan rings is 1. The second-order valence-corrected chi connectivity index (χ2v) is 5.50. The third kappa shape index (κ3) is 4.22. The summed E-state index contributed by atoms with van der Waals surface area (Å²) in [6.45, 7) is 5.12. The predicted molar refractivity (Wildman–Crippen MR) is 82.7 cm³/mol. The molecule has 0 aliphatic carbocycles. The van der Waals surface area contributed by atoms with Gasteiger partial charge < -0.3 is 9.73 Å². The van der Waals surface area contributed by atoms with Gasteiger partial charge in [-0.15, -0.1) is 0 Å². The maximum Gasteiger partial charge on any atom is 0.0947 e. The van der Waals surface area contributed by atoms with Crippen LogP contribution in [0.5, 0.6) is 0 Å². The van der Waals surface area contributed by atoms with E-state index in [1.54, 1.807) is 12.5 Å². The van der Waals surface area contributed by atoms with Gasteiger partial charge >= 0.3 is 0 Å². The minimum absolute atomic E-state index is 0.553. The SMILES string of the molecule is CNCC(C)c1ccc(CN(C)Cc2ccoc2)cc1. The number of hydrogen-bond donors (Lipinski definition) is 1. The molecular formula is C17H24N2O. The van der Waals surface area contributed by atoms with E-state index in [1.165, 1.54) is 16.7 Å². The van der Waals surface area contributed by atoms with Crippen LogP contribution in [0.15, 0.2) is 47.3 Å². The van der Waals surface area contributed by atoms with Gasteiger partial charge in [0.05, 0.1) is 12.5 Å². The summed E-state index contributed by atoms with van der Waals surface area (Å²) in [6, 6.07) is 11.0. The highest BCUT2D eigenvalue weighted by molar-refractivity contribution is 5.25. The zero-order valence-corrected chi connectivity index (χ0v) is 12.6. The van der Waals surface area contributed by atoms with E-state index < -0.39 is 0 Å². The lowest BCUT2D eigenvalue weighted by Gasteiger charge is -2.17. The molecule has 3 nitrogen and oxygen atoms in total. The first-order chi connectivity index (χ1) is 9.69. The molecule has 3 heteroatoms. The highest BCUT2D eigenvalue weighted by atomic mass is 16.3. The molecule has 0 radical (unpaired) electrons. The van der Waals surface area contributed by atoms with Gasteiger partial charge in [0, 0.05) is 25.2 Å². The molecule has 1 atom stereocenters. The zero-order chi connectivity index (χ0) is 14.4. The minimum atomic E-state index is 0.553. The molecule has 0 saturated carbocycles. The summed E-state index contributed by atoms with van der Waals surface area (Å²) >= 11 is 0. The fourth-order valence-corrected chi connectivity index (χ4v) is 2.44. The second-order valence-electron chi connectivity index (χ2n) is 5.50. The Morgan fingerprint density at radius 3 is 2.40 bits per heavy atom. The van der Waals surface area contributed by atoms with Crippen LogP contribution < -0.4 is 5.32 Å². The van der Waals surface area contributed by atoms with Crippen molar-refractivity contribution in [2.45, 2.75) is 25.9 Å². The summed E-state index contributed by atoms with van der Waals surface area (Å²) in [4.78, 5) is 2.29. The summed E-state index contributed by atoms with van der Waals surface area (Å²) < 4.78 is 5.10. The fourth-order valence-electron chi connectivity index (χ4n) is 2.44. The Hall–Kier alpha value is -1.58. The van der Waals surface area contributed by atoms with E-state index in [1.807, 2.05) is 13.1 Å². The maximum atomic E-state index is 5.10. The molecule has 0 saturated heterocycles. The molecule has 0 aliphatic rings. The Morgan fingerprint density at radius 2 is 1.80 bits per heavy atom. The van der Waals surface area contributed by atoms with Crippen LogP contribution in [0.2, 0.25) is 0 Å². The number of likely N-dealkylation sites (N-methyl/N-ethyl adjacent to an activating group) is 1. The van der Waals surface area contributed by atoms with E-state index >= 15 is 0 Å². The Morgan fingerprint density at radius 1 is 1.10 bits per heavy atom. The van der Waals surface area contributed by atoms with Crippen molar-refractivity contribution in [1.29, 1.82) is 0 Å². The van der Waals surface area contributed by atoms with Crippen LogP contribution in [0.3, 0.4) is 0 Å². The molecule has 1 N–H and O–H groups in total. The number of benzene rings is 1. The molecule has 20 heavy (non-hydrogen) atoms. The smallest absolute Gasteiger partial charge is 0.0947 e. The summed E-state index contributed by atoms with van der Waals surface area (Å²) in [5.74, 6) is 0.553. The number of rotatable bonds is 7. The molecule has 0 bridgehead atoms. The van der Waals surface area contributed by atoms with Crippen molar-refractivity contribution in [2.24, 2.45) is 0 Å². The lowest BCUT2D eigenvalue weighted by molar-refractivity contribution is 0.318. The Bertz CT molecular complexity index is 490. The van der Waals surface area contributed by atoms with Gasteiger partial charge in [0.2, 0.25) is 0 Å². The van der Waals surface area contributed by atoms with Gasteiger partial charge in [-0.2, -0.15) is 0 Å². The van der Waals surface area contributed by atoms with Crippen LogP contribution in [0, 0.1) is 0 Å². The van der Waals surface area contributed by atoms with Gasteiger partial charge in [-0.3, -0.25) is 4.90 Å². The topological polar surface area (TPSA) is 28.4 Å². The summed E-state index contributed by atoms with van der Waals surface area (Å²) in [6.07, 6.45) is 3.53. The van der Waals surface area contributed by atoms with Gasteiger partial charge in [-0.25, -0.2) is 0 Å². The number of nitrogens with one attached hydrogen (secondary N) is 1. The molecule has 1 unspecified atom stereocenters. The first-order valence-corrected chi connectivity index (χ1v) is 7.12. The molecule has 0 amide bonds. The Labute approximate surface area is 121 Å². The second kappa shape index (κ2) is 7.27. The van der Waals surface area contributed by atoms with Crippen LogP contribution in [0.1, 0.15) is 29.5 Å². The van der Waals surface area contributed by atoms with Gasteiger partial charge in [-0.05, 0) is 37.2 Å². The van der Waals surface area contributed by atoms with Crippen LogP contribution in [-0.4, -0.2) is 25.5 Å². The van der Waals surface area contributed by atoms with Crippen molar-refractivity contribution in [2.75, 3.05) is 20.6 Å². The maximum absolute atomic E-state index is 5.10. The van der Waals surface area contributed by atoms with E-state index in [-0.39, 0.29) is 0 Å². The molecule has 0 spiro atoms. The fraction of sp³-hybridized carbons (Fsp3) is 0.412. The standard InChI is InChI=1S/C17H24N2O/c1-14(10-18-2)17-6-4-15(5-7-17)11-19(3)12-16-8-9-20-13-16/h4-9,13-14,18H,10-12H2,1-3H3. The molecule has 2 aromatic rings. The van der Waals surface area contributed by atoms with Crippen LogP contribution >= 0.6 is 0 Å². The number of hydrogen-bond acceptors (Lipinski definition) is 3. The third-order valence-electron chi connectivity index (χ3n) is 3.54. The van der Waals surface area contributed by atoms with Crippen molar-refractivity contribution >= 4 is 0 Å². The van der Waals surface area contributed by atoms with Gasteiger partial charge in [0.1, 0.15) is 0 Å². The molecule has 2 rings (SSSR count). The molecule has 0 fully saturated rings. The van der Waals surface area contributed by atoms with Crippen LogP contribution in [0.25, 0.3) is 0 Å². The average molecular weight is 272 g/mol. The molecule has 0 aliphatic heterocycles. The van der Waals surface area contributed by atoms with E-state index in [0.29, 0.717) is 5.92 Å². The average Bonchev–Trinajstić information content (AvgIpc) is 2.92. The lowest BCUT2D eigenvalue weighted by Crippen LogP contribution is -2.17. The van der Waals surface area contributed by atoms with Crippen molar-refractivity contribution in [1.82, 2.24) is 10.2 Å². The van der Waals surface area contributed by atoms with E-state index in [9.17, 15) is 0 Å². The Kier molecular flexibility index (Phi) is 5.39. The van der Waals surface area contributed by atoms with Crippen molar-refractivity contribution in [3.8, 4) is 0 Å². The Balaban J connectivity index is 1.89. The molecule has 108 valence electrons. The predicted octanol–water partition coefficient (Wildman–Crippen LogP) is 3.23. The van der Waals surface area contributed by atoms with Crippen molar-refractivity contribution in [3.05, 3.63) is 59.5 Å². The monoisotopic (exact) mass is 272 g/mol. The minimum Gasteiger partial charge on any atom is -0.472 e. The van der Waals surface area contributed by atoms with E-state index in [0.717, 1.165) is 19.6 Å². The quantitative estimate of drug-likeness (QED) is 0.839.